The molecule has 0 bridgehead atoms. The number of carbonyl (C=O) groups excluding carboxylic acids is 1. The van der Waals surface area contributed by atoms with Crippen LogP contribution in [0.2, 0.25) is 0 Å². The van der Waals surface area contributed by atoms with Gasteiger partial charge in [0.15, 0.2) is 5.17 Å². The molecule has 0 unspecified atom stereocenters. The molecule has 0 spiro atoms. The number of amides is 2. The van der Waals surface area contributed by atoms with Crippen LogP contribution in [0, 0.1) is 23.1 Å². The third kappa shape index (κ3) is 5.17. The number of anilines is 1. The predicted molar refractivity (Wildman–Crippen MR) is 138 cm³/mol. The van der Waals surface area contributed by atoms with E-state index >= 15 is 4.39 Å². The number of carboxylic acid groups (broad SMARTS) is 1. The van der Waals surface area contributed by atoms with Gasteiger partial charge in [0.25, 0.3) is 5.91 Å². The number of amidine groups is 1. The first kappa shape index (κ1) is 26.6. The van der Waals surface area contributed by atoms with E-state index in [0.29, 0.717) is 35.0 Å². The van der Waals surface area contributed by atoms with Gasteiger partial charge >= 0.3 is 6.09 Å². The summed E-state index contributed by atoms with van der Waals surface area (Å²) < 4.78 is 21.1. The summed E-state index contributed by atoms with van der Waals surface area (Å²) in [4.78, 5) is 35.1. The Hall–Kier alpha value is -3.49. The van der Waals surface area contributed by atoms with E-state index in [4.69, 9.17) is 15.0 Å². The van der Waals surface area contributed by atoms with Gasteiger partial charge in [-0.1, -0.05) is 11.8 Å². The van der Waals surface area contributed by atoms with Crippen LogP contribution < -0.4 is 5.32 Å². The highest BCUT2D eigenvalue weighted by atomic mass is 32.2. The number of hydrogen-bond acceptors (Lipinski definition) is 7. The average molecular weight is 526 g/mol. The zero-order valence-corrected chi connectivity index (χ0v) is 21.8. The van der Waals surface area contributed by atoms with Gasteiger partial charge in [-0.25, -0.2) is 19.2 Å². The minimum absolute atomic E-state index is 0.0949. The van der Waals surface area contributed by atoms with Crippen molar-refractivity contribution < 1.29 is 23.8 Å². The van der Waals surface area contributed by atoms with Crippen molar-refractivity contribution in [2.24, 2.45) is 10.9 Å². The number of rotatable bonds is 4. The second kappa shape index (κ2) is 10.1. The van der Waals surface area contributed by atoms with Crippen LogP contribution in [-0.4, -0.2) is 56.7 Å². The number of hydrogen-bond donors (Lipinski definition) is 2. The lowest BCUT2D eigenvalue weighted by Crippen LogP contribution is -2.50. The topological polar surface area (TPSA) is 128 Å². The lowest BCUT2D eigenvalue weighted by atomic mass is 9.81. The lowest BCUT2D eigenvalue weighted by Gasteiger charge is -2.41. The van der Waals surface area contributed by atoms with E-state index < -0.39 is 28.9 Å². The van der Waals surface area contributed by atoms with E-state index in [9.17, 15) is 14.7 Å². The van der Waals surface area contributed by atoms with Crippen molar-refractivity contribution in [3.8, 4) is 6.07 Å². The van der Waals surface area contributed by atoms with Crippen molar-refractivity contribution >= 4 is 34.6 Å². The van der Waals surface area contributed by atoms with Crippen LogP contribution in [0.1, 0.15) is 55.2 Å². The molecule has 2 N–H and O–H groups in total. The summed E-state index contributed by atoms with van der Waals surface area (Å²) in [5, 5.41) is 21.9. The van der Waals surface area contributed by atoms with E-state index in [0.717, 1.165) is 0 Å². The Kier molecular flexibility index (Phi) is 7.26. The van der Waals surface area contributed by atoms with Crippen LogP contribution in [0.5, 0.6) is 0 Å². The first-order valence-electron chi connectivity index (χ1n) is 11.7. The first-order valence-corrected chi connectivity index (χ1v) is 12.7. The zero-order chi connectivity index (χ0) is 27.0. The van der Waals surface area contributed by atoms with Gasteiger partial charge in [-0.05, 0) is 57.5 Å². The number of benzene rings is 1. The van der Waals surface area contributed by atoms with Crippen molar-refractivity contribution in [1.82, 2.24) is 9.88 Å². The van der Waals surface area contributed by atoms with Crippen LogP contribution >= 0.6 is 11.8 Å². The molecule has 9 nitrogen and oxygen atoms in total. The number of nitriles is 1. The summed E-state index contributed by atoms with van der Waals surface area (Å²) in [6, 6.07) is 9.17. The molecule has 1 aromatic heterocycles. The van der Waals surface area contributed by atoms with E-state index in [1.807, 2.05) is 6.07 Å². The Morgan fingerprint density at radius 2 is 2.08 bits per heavy atom. The molecule has 0 radical (unpaired) electrons. The number of methoxy groups -OCH3 is 1. The van der Waals surface area contributed by atoms with Gasteiger partial charge in [0.2, 0.25) is 0 Å². The van der Waals surface area contributed by atoms with Crippen LogP contribution in [0.4, 0.5) is 14.9 Å². The number of thioether (sulfide) groups is 1. The van der Waals surface area contributed by atoms with E-state index in [2.05, 4.69) is 10.3 Å². The van der Waals surface area contributed by atoms with Gasteiger partial charge in [-0.3, -0.25) is 9.69 Å². The Morgan fingerprint density at radius 3 is 2.68 bits per heavy atom. The number of ether oxygens (including phenoxy) is 1. The number of halogens is 1. The minimum atomic E-state index is -1.13. The number of fused-ring (bicyclic) bond motifs is 1. The molecule has 11 heteroatoms. The third-order valence-corrected chi connectivity index (χ3v) is 7.77. The van der Waals surface area contributed by atoms with Gasteiger partial charge in [0.05, 0.1) is 17.2 Å². The molecule has 1 aliphatic heterocycles. The highest BCUT2D eigenvalue weighted by Gasteiger charge is 2.53. The number of nitrogens with one attached hydrogen (secondary N) is 1. The summed E-state index contributed by atoms with van der Waals surface area (Å²) >= 11 is 1.35. The molecule has 4 rings (SSSR count). The largest absolute Gasteiger partial charge is 0.465 e. The number of aliphatic imine (C=N–C) groups is 1. The normalized spacial score (nSPS) is 23.0. The molecule has 1 aliphatic carbocycles. The monoisotopic (exact) mass is 525 g/mol. The van der Waals surface area contributed by atoms with Crippen LogP contribution in [0.3, 0.4) is 0 Å². The highest BCUT2D eigenvalue weighted by molar-refractivity contribution is 8.13. The first-order chi connectivity index (χ1) is 17.5. The predicted octanol–water partition coefficient (Wildman–Crippen LogP) is 4.85. The maximum absolute atomic E-state index is 15.5. The quantitative estimate of drug-likeness (QED) is 0.584. The highest BCUT2D eigenvalue weighted by Crippen LogP contribution is 2.53. The molecule has 2 aromatic rings. The van der Waals surface area contributed by atoms with E-state index in [1.165, 1.54) is 47.1 Å². The second-order valence-corrected chi connectivity index (χ2v) is 11.1. The smallest absolute Gasteiger partial charge is 0.413 e. The van der Waals surface area contributed by atoms with Crippen molar-refractivity contribution in [3.05, 3.63) is 59.2 Å². The molecule has 2 amide bonds. The van der Waals surface area contributed by atoms with Crippen LogP contribution in [0.25, 0.3) is 0 Å². The van der Waals surface area contributed by atoms with Crippen LogP contribution in [0.15, 0.2) is 41.5 Å². The van der Waals surface area contributed by atoms with Gasteiger partial charge in [0, 0.05) is 48.2 Å². The number of pyridine rings is 1. The summed E-state index contributed by atoms with van der Waals surface area (Å²) in [5.74, 6) is -0.555. The standard InChI is InChI=1S/C26H28FN5O4S/c1-25(2,3)32(24(34)35)23-31-26(11-18(36-4)9-16(26)14-37-23)19-10-17(6-7-20(19)27)30-22(33)21-8-5-15(12-28)13-29-21/h5-8,10,13,16,18H,9,11,14H2,1-4H3,(H,30,33)(H,34,35)/t16-,18+,26-/m0/s1. The fraction of sp³-hybridized carbons (Fsp3) is 0.423. The fourth-order valence-electron chi connectivity index (χ4n) is 4.89. The van der Waals surface area contributed by atoms with Gasteiger partial charge in [0.1, 0.15) is 17.6 Å². The molecule has 194 valence electrons. The molecule has 1 saturated carbocycles. The van der Waals surface area contributed by atoms with Gasteiger partial charge in [-0.15, -0.1) is 0 Å². The number of carbonyl (C=O) groups is 2. The molecular formula is C26H28FN5O4S. The van der Waals surface area contributed by atoms with E-state index in [1.54, 1.807) is 33.9 Å². The molecule has 37 heavy (non-hydrogen) atoms. The average Bonchev–Trinajstić information content (AvgIpc) is 3.23. The summed E-state index contributed by atoms with van der Waals surface area (Å²) in [5.41, 5.74) is -0.750. The van der Waals surface area contributed by atoms with Gasteiger partial charge in [-0.2, -0.15) is 5.26 Å². The summed E-state index contributed by atoms with van der Waals surface area (Å²) in [6.07, 6.45) is 1.01. The Labute approximate surface area is 218 Å². The second-order valence-electron chi connectivity index (χ2n) is 10.1. The lowest BCUT2D eigenvalue weighted by molar-refractivity contribution is 0.101. The molecule has 2 heterocycles. The molecule has 1 fully saturated rings. The maximum atomic E-state index is 15.5. The Bertz CT molecular complexity index is 1290. The van der Waals surface area contributed by atoms with E-state index in [-0.39, 0.29) is 23.3 Å². The molecule has 1 aromatic carbocycles. The minimum Gasteiger partial charge on any atom is -0.465 e. The molecule has 0 saturated heterocycles. The van der Waals surface area contributed by atoms with Crippen molar-refractivity contribution in [1.29, 1.82) is 5.26 Å². The fourth-order valence-corrected chi connectivity index (χ4v) is 6.36. The van der Waals surface area contributed by atoms with Crippen molar-refractivity contribution in [2.75, 3.05) is 18.2 Å². The zero-order valence-electron chi connectivity index (χ0n) is 21.0. The molecular weight excluding hydrogens is 497 g/mol. The summed E-state index contributed by atoms with van der Waals surface area (Å²) in [7, 11) is 1.60. The number of aromatic nitrogens is 1. The third-order valence-electron chi connectivity index (χ3n) is 6.67. The molecule has 3 atom stereocenters. The maximum Gasteiger partial charge on any atom is 0.413 e. The van der Waals surface area contributed by atoms with Gasteiger partial charge < -0.3 is 15.2 Å². The Balaban J connectivity index is 1.76. The molecule has 2 aliphatic rings. The summed E-state index contributed by atoms with van der Waals surface area (Å²) in [6.45, 7) is 5.34. The van der Waals surface area contributed by atoms with Crippen molar-refractivity contribution in [2.45, 2.75) is 50.8 Å². The SMILES string of the molecule is CO[C@@H]1C[C@H]2CSC(N(C(=O)O)C(C)(C)C)=N[C@@]2(c2cc(NC(=O)c3ccc(C#N)cn3)ccc2F)C1. The Morgan fingerprint density at radius 1 is 1.32 bits per heavy atom. The number of nitrogens with zero attached hydrogens (tertiary/aromatic N) is 4. The van der Waals surface area contributed by atoms with Crippen LogP contribution in [-0.2, 0) is 10.3 Å². The van der Waals surface area contributed by atoms with Crippen molar-refractivity contribution in [3.63, 3.8) is 0 Å².